The first-order valence-electron chi connectivity index (χ1n) is 7.19. The molecule has 4 heteroatoms. The molecule has 2 rings (SSSR count). The van der Waals surface area contributed by atoms with E-state index in [1.165, 1.54) is 5.56 Å². The van der Waals surface area contributed by atoms with Crippen LogP contribution < -0.4 is 10.2 Å². The van der Waals surface area contributed by atoms with Gasteiger partial charge in [-0.2, -0.15) is 0 Å². The number of hydrogen-bond donors (Lipinski definition) is 1. The van der Waals surface area contributed by atoms with Gasteiger partial charge >= 0.3 is 0 Å². The average Bonchev–Trinajstić information content (AvgIpc) is 2.48. The van der Waals surface area contributed by atoms with Crippen molar-refractivity contribution < 1.29 is 0 Å². The predicted molar refractivity (Wildman–Crippen MR) is 89.8 cm³/mol. The molecular formula is C17H22ClN3. The van der Waals surface area contributed by atoms with Crippen molar-refractivity contribution in [2.75, 3.05) is 11.9 Å². The third-order valence-corrected chi connectivity index (χ3v) is 3.65. The first-order chi connectivity index (χ1) is 10.1. The second kappa shape index (κ2) is 7.43. The Labute approximate surface area is 132 Å². The Morgan fingerprint density at radius 2 is 2.00 bits per heavy atom. The Morgan fingerprint density at radius 3 is 2.71 bits per heavy atom. The van der Waals surface area contributed by atoms with E-state index in [9.17, 15) is 0 Å². The van der Waals surface area contributed by atoms with Crippen LogP contribution in [0, 0.1) is 0 Å². The largest absolute Gasteiger partial charge is 0.355 e. The van der Waals surface area contributed by atoms with Crippen LogP contribution in [0.2, 0.25) is 5.02 Å². The number of rotatable bonds is 6. The van der Waals surface area contributed by atoms with Crippen molar-refractivity contribution in [1.29, 1.82) is 0 Å². The second-order valence-corrected chi connectivity index (χ2v) is 5.91. The van der Waals surface area contributed by atoms with Crippen molar-refractivity contribution in [3.63, 3.8) is 0 Å². The number of anilines is 1. The Hall–Kier alpha value is -1.58. The lowest BCUT2D eigenvalue weighted by Gasteiger charge is -2.20. The zero-order valence-corrected chi connectivity index (χ0v) is 13.6. The molecule has 2 aromatic rings. The van der Waals surface area contributed by atoms with Crippen molar-refractivity contribution in [3.8, 4) is 0 Å². The molecular weight excluding hydrogens is 282 g/mol. The van der Waals surface area contributed by atoms with E-state index < -0.39 is 0 Å². The molecule has 0 aliphatic carbocycles. The summed E-state index contributed by atoms with van der Waals surface area (Å²) in [4.78, 5) is 6.56. The van der Waals surface area contributed by atoms with Crippen LogP contribution in [0.25, 0.3) is 0 Å². The van der Waals surface area contributed by atoms with E-state index in [0.717, 1.165) is 29.5 Å². The van der Waals surface area contributed by atoms with Gasteiger partial charge < -0.3 is 10.2 Å². The fourth-order valence-corrected chi connectivity index (χ4v) is 2.26. The topological polar surface area (TPSA) is 28.2 Å². The minimum absolute atomic E-state index is 0.475. The van der Waals surface area contributed by atoms with Crippen LogP contribution in [-0.4, -0.2) is 18.1 Å². The highest BCUT2D eigenvalue weighted by Gasteiger charge is 2.07. The zero-order chi connectivity index (χ0) is 15.2. The molecule has 0 aliphatic rings. The van der Waals surface area contributed by atoms with Gasteiger partial charge in [0.2, 0.25) is 0 Å². The molecule has 1 heterocycles. The maximum absolute atomic E-state index is 6.21. The molecule has 0 amide bonds. The quantitative estimate of drug-likeness (QED) is 0.878. The van der Waals surface area contributed by atoms with Gasteiger partial charge in [0.15, 0.2) is 0 Å². The molecule has 0 atom stereocenters. The number of aromatic nitrogens is 1. The molecule has 1 N–H and O–H groups in total. The Morgan fingerprint density at radius 1 is 1.24 bits per heavy atom. The summed E-state index contributed by atoms with van der Waals surface area (Å²) < 4.78 is 0. The van der Waals surface area contributed by atoms with Crippen LogP contribution >= 0.6 is 11.6 Å². The van der Waals surface area contributed by atoms with Crippen molar-refractivity contribution in [2.45, 2.75) is 33.0 Å². The maximum Gasteiger partial charge on any atom is 0.128 e. The van der Waals surface area contributed by atoms with Crippen LogP contribution in [0.5, 0.6) is 0 Å². The number of benzene rings is 1. The maximum atomic E-state index is 6.21. The summed E-state index contributed by atoms with van der Waals surface area (Å²) >= 11 is 6.21. The van der Waals surface area contributed by atoms with E-state index in [4.69, 9.17) is 11.6 Å². The molecule has 0 saturated carbocycles. The summed E-state index contributed by atoms with van der Waals surface area (Å²) in [6.07, 6.45) is 1.86. The van der Waals surface area contributed by atoms with Crippen molar-refractivity contribution in [2.24, 2.45) is 0 Å². The van der Waals surface area contributed by atoms with Gasteiger partial charge in [-0.05, 0) is 29.3 Å². The fraction of sp³-hybridized carbons (Fsp3) is 0.353. The molecule has 0 radical (unpaired) electrons. The van der Waals surface area contributed by atoms with Gasteiger partial charge in [0.05, 0.1) is 0 Å². The normalized spacial score (nSPS) is 10.9. The van der Waals surface area contributed by atoms with E-state index in [2.05, 4.69) is 35.1 Å². The van der Waals surface area contributed by atoms with Crippen molar-refractivity contribution in [1.82, 2.24) is 10.3 Å². The van der Waals surface area contributed by atoms with Gasteiger partial charge in [0, 0.05) is 37.4 Å². The summed E-state index contributed by atoms with van der Waals surface area (Å²) in [6, 6.07) is 12.6. The standard InChI is InChI=1S/C17H22ClN3/c1-13(2)20-11-14-8-9-19-17(10-14)21(3)12-15-6-4-5-7-16(15)18/h4-10,13,20H,11-12H2,1-3H3. The minimum Gasteiger partial charge on any atom is -0.355 e. The van der Waals surface area contributed by atoms with E-state index >= 15 is 0 Å². The lowest BCUT2D eigenvalue weighted by molar-refractivity contribution is 0.588. The van der Waals surface area contributed by atoms with Crippen LogP contribution in [0.4, 0.5) is 5.82 Å². The molecule has 21 heavy (non-hydrogen) atoms. The fourth-order valence-electron chi connectivity index (χ4n) is 2.06. The Bertz CT molecular complexity index is 584. The summed E-state index contributed by atoms with van der Waals surface area (Å²) in [5.74, 6) is 0.956. The highest BCUT2D eigenvalue weighted by Crippen LogP contribution is 2.19. The van der Waals surface area contributed by atoms with Gasteiger partial charge in [0.25, 0.3) is 0 Å². The lowest BCUT2D eigenvalue weighted by Crippen LogP contribution is -2.22. The molecule has 0 aliphatic heterocycles. The minimum atomic E-state index is 0.475. The molecule has 1 aromatic carbocycles. The number of hydrogen-bond acceptors (Lipinski definition) is 3. The van der Waals surface area contributed by atoms with Crippen LogP contribution in [0.15, 0.2) is 42.6 Å². The number of pyridine rings is 1. The summed E-state index contributed by atoms with van der Waals surface area (Å²) in [5, 5.41) is 4.21. The van der Waals surface area contributed by atoms with Crippen LogP contribution in [0.1, 0.15) is 25.0 Å². The molecule has 0 fully saturated rings. The Kier molecular flexibility index (Phi) is 5.59. The summed E-state index contributed by atoms with van der Waals surface area (Å²) in [7, 11) is 2.03. The van der Waals surface area contributed by atoms with E-state index in [-0.39, 0.29) is 0 Å². The predicted octanol–water partition coefficient (Wildman–Crippen LogP) is 3.87. The smallest absolute Gasteiger partial charge is 0.128 e. The molecule has 0 unspecified atom stereocenters. The van der Waals surface area contributed by atoms with E-state index in [0.29, 0.717) is 6.04 Å². The van der Waals surface area contributed by atoms with Crippen LogP contribution in [0.3, 0.4) is 0 Å². The van der Waals surface area contributed by atoms with Crippen LogP contribution in [-0.2, 0) is 13.1 Å². The molecule has 1 aromatic heterocycles. The first-order valence-corrected chi connectivity index (χ1v) is 7.57. The van der Waals surface area contributed by atoms with Gasteiger partial charge in [0.1, 0.15) is 5.82 Å². The highest BCUT2D eigenvalue weighted by atomic mass is 35.5. The number of nitrogens with zero attached hydrogens (tertiary/aromatic N) is 2. The summed E-state index contributed by atoms with van der Waals surface area (Å²) in [5.41, 5.74) is 2.34. The summed E-state index contributed by atoms with van der Waals surface area (Å²) in [6.45, 7) is 5.89. The third-order valence-electron chi connectivity index (χ3n) is 3.28. The second-order valence-electron chi connectivity index (χ2n) is 5.51. The third kappa shape index (κ3) is 4.73. The molecule has 0 bridgehead atoms. The molecule has 3 nitrogen and oxygen atoms in total. The Balaban J connectivity index is 2.07. The number of nitrogens with one attached hydrogen (secondary N) is 1. The lowest BCUT2D eigenvalue weighted by atomic mass is 10.2. The monoisotopic (exact) mass is 303 g/mol. The molecule has 112 valence electrons. The van der Waals surface area contributed by atoms with Gasteiger partial charge in [-0.1, -0.05) is 43.6 Å². The van der Waals surface area contributed by atoms with Crippen molar-refractivity contribution in [3.05, 3.63) is 58.7 Å². The first kappa shape index (κ1) is 15.8. The van der Waals surface area contributed by atoms with E-state index in [1.54, 1.807) is 0 Å². The SMILES string of the molecule is CC(C)NCc1ccnc(N(C)Cc2ccccc2Cl)c1. The molecule has 0 saturated heterocycles. The molecule has 0 spiro atoms. The van der Waals surface area contributed by atoms with Gasteiger partial charge in [-0.15, -0.1) is 0 Å². The average molecular weight is 304 g/mol. The van der Waals surface area contributed by atoms with Gasteiger partial charge in [-0.25, -0.2) is 4.98 Å². The van der Waals surface area contributed by atoms with Crippen molar-refractivity contribution >= 4 is 17.4 Å². The number of halogens is 1. The van der Waals surface area contributed by atoms with Gasteiger partial charge in [-0.3, -0.25) is 0 Å². The highest BCUT2D eigenvalue weighted by molar-refractivity contribution is 6.31. The zero-order valence-electron chi connectivity index (χ0n) is 12.8. The van der Waals surface area contributed by atoms with E-state index in [1.807, 2.05) is 43.6 Å².